The normalized spacial score (nSPS) is 19.7. The van der Waals surface area contributed by atoms with Crippen molar-refractivity contribution in [2.24, 2.45) is 0 Å². The number of rotatable bonds is 3. The number of fused-ring (bicyclic) bond motifs is 2. The highest BCUT2D eigenvalue weighted by Gasteiger charge is 2.33. The van der Waals surface area contributed by atoms with Gasteiger partial charge < -0.3 is 14.9 Å². The Morgan fingerprint density at radius 3 is 3.00 bits per heavy atom. The van der Waals surface area contributed by atoms with Crippen molar-refractivity contribution >= 4 is 5.65 Å². The van der Waals surface area contributed by atoms with E-state index in [1.54, 1.807) is 22.6 Å². The molecule has 2 atom stereocenters. The van der Waals surface area contributed by atoms with Crippen LogP contribution in [0.2, 0.25) is 0 Å². The summed E-state index contributed by atoms with van der Waals surface area (Å²) in [4.78, 5) is 4.46. The second kappa shape index (κ2) is 5.58. The highest BCUT2D eigenvalue weighted by molar-refractivity contribution is 5.56. The molecule has 1 aliphatic rings. The molecule has 0 unspecified atom stereocenters. The van der Waals surface area contributed by atoms with Crippen LogP contribution in [0, 0.1) is 12.7 Å². The van der Waals surface area contributed by atoms with Crippen LogP contribution in [0.4, 0.5) is 4.39 Å². The van der Waals surface area contributed by atoms with E-state index in [1.165, 1.54) is 12.1 Å². The number of hydrogen-bond acceptors (Lipinski definition) is 4. The molecule has 1 aliphatic carbocycles. The Balaban J connectivity index is 1.76. The van der Waals surface area contributed by atoms with Crippen LogP contribution in [0.15, 0.2) is 36.5 Å². The first kappa shape index (κ1) is 15.1. The third kappa shape index (κ3) is 2.26. The van der Waals surface area contributed by atoms with Crippen LogP contribution in [0.1, 0.15) is 28.6 Å². The summed E-state index contributed by atoms with van der Waals surface area (Å²) in [5, 5.41) is 19.8. The second-order valence-corrected chi connectivity index (χ2v) is 6.02. The van der Waals surface area contributed by atoms with E-state index in [2.05, 4.69) is 4.98 Å². The third-order valence-electron chi connectivity index (χ3n) is 4.51. The van der Waals surface area contributed by atoms with Gasteiger partial charge in [0, 0.05) is 12.6 Å². The standard InChI is InChI=1S/C18H17FN2O3/c1-10-14(9-22)21-6-2-3-16(18(21)20-10)24-17-13-5-4-12(19)7-11(13)8-15(17)23/h2-7,15,17,22-23H,8-9H2,1H3/t15-,17-/m1/s1. The topological polar surface area (TPSA) is 67.0 Å². The van der Waals surface area contributed by atoms with Gasteiger partial charge in [-0.2, -0.15) is 0 Å². The van der Waals surface area contributed by atoms with Crippen LogP contribution in [0.5, 0.6) is 5.75 Å². The van der Waals surface area contributed by atoms with Gasteiger partial charge in [-0.1, -0.05) is 6.07 Å². The Bertz CT molecular complexity index is 922. The van der Waals surface area contributed by atoms with Crippen LogP contribution >= 0.6 is 0 Å². The number of aliphatic hydroxyl groups excluding tert-OH is 2. The van der Waals surface area contributed by atoms with E-state index in [-0.39, 0.29) is 12.4 Å². The maximum absolute atomic E-state index is 13.4. The zero-order chi connectivity index (χ0) is 16.8. The predicted octanol–water partition coefficient (Wildman–Crippen LogP) is 2.31. The monoisotopic (exact) mass is 328 g/mol. The SMILES string of the molecule is Cc1nc2c(O[C@@H]3c4ccc(F)cc4C[C@H]3O)cccn2c1CO. The summed E-state index contributed by atoms with van der Waals surface area (Å²) in [6.07, 6.45) is 0.857. The maximum atomic E-state index is 13.4. The number of aromatic nitrogens is 2. The molecule has 2 heterocycles. The Hall–Kier alpha value is -2.44. The van der Waals surface area contributed by atoms with E-state index in [1.807, 2.05) is 13.1 Å². The molecule has 0 aliphatic heterocycles. The summed E-state index contributed by atoms with van der Waals surface area (Å²) in [7, 11) is 0. The van der Waals surface area contributed by atoms with Gasteiger partial charge in [-0.3, -0.25) is 4.40 Å². The molecular formula is C18H17FN2O3. The molecule has 24 heavy (non-hydrogen) atoms. The summed E-state index contributed by atoms with van der Waals surface area (Å²) in [5.41, 5.74) is 3.56. The van der Waals surface area contributed by atoms with Crippen molar-refractivity contribution in [1.82, 2.24) is 9.38 Å². The lowest BCUT2D eigenvalue weighted by Crippen LogP contribution is -2.19. The predicted molar refractivity (Wildman–Crippen MR) is 85.3 cm³/mol. The number of halogens is 1. The van der Waals surface area contributed by atoms with Crippen molar-refractivity contribution in [2.45, 2.75) is 32.2 Å². The summed E-state index contributed by atoms with van der Waals surface area (Å²) in [5.74, 6) is 0.196. The molecular weight excluding hydrogens is 311 g/mol. The van der Waals surface area contributed by atoms with Gasteiger partial charge in [-0.15, -0.1) is 0 Å². The molecule has 3 aromatic rings. The molecule has 4 rings (SSSR count). The smallest absolute Gasteiger partial charge is 0.180 e. The molecule has 2 N–H and O–H groups in total. The number of imidazole rings is 1. The fourth-order valence-corrected chi connectivity index (χ4v) is 3.33. The van der Waals surface area contributed by atoms with Crippen molar-refractivity contribution in [3.8, 4) is 5.75 Å². The minimum Gasteiger partial charge on any atom is -0.479 e. The Morgan fingerprint density at radius 1 is 1.38 bits per heavy atom. The maximum Gasteiger partial charge on any atom is 0.180 e. The fourth-order valence-electron chi connectivity index (χ4n) is 3.33. The first-order valence-electron chi connectivity index (χ1n) is 7.79. The minimum absolute atomic E-state index is 0.120. The summed E-state index contributed by atoms with van der Waals surface area (Å²) in [6, 6.07) is 8.04. The molecule has 5 nitrogen and oxygen atoms in total. The number of ether oxygens (including phenoxy) is 1. The molecule has 2 aromatic heterocycles. The molecule has 1 aromatic carbocycles. The molecule has 124 valence electrons. The minimum atomic E-state index is -0.740. The van der Waals surface area contributed by atoms with Crippen molar-refractivity contribution < 1.29 is 19.3 Å². The Labute approximate surface area is 138 Å². The highest BCUT2D eigenvalue weighted by Crippen LogP contribution is 2.37. The van der Waals surface area contributed by atoms with Crippen molar-refractivity contribution in [1.29, 1.82) is 0 Å². The van der Waals surface area contributed by atoms with Gasteiger partial charge in [-0.05, 0) is 42.3 Å². The van der Waals surface area contributed by atoms with Gasteiger partial charge in [0.05, 0.1) is 24.1 Å². The lowest BCUT2D eigenvalue weighted by molar-refractivity contribution is 0.0502. The van der Waals surface area contributed by atoms with Gasteiger partial charge in [0.15, 0.2) is 17.5 Å². The van der Waals surface area contributed by atoms with E-state index < -0.39 is 12.2 Å². The lowest BCUT2D eigenvalue weighted by Gasteiger charge is -2.18. The molecule has 0 amide bonds. The Kier molecular flexibility index (Phi) is 3.51. The molecule has 0 saturated heterocycles. The molecule has 6 heteroatoms. The van der Waals surface area contributed by atoms with Crippen molar-refractivity contribution in [2.75, 3.05) is 0 Å². The van der Waals surface area contributed by atoms with E-state index in [9.17, 15) is 14.6 Å². The van der Waals surface area contributed by atoms with Crippen LogP contribution in [0.3, 0.4) is 0 Å². The second-order valence-electron chi connectivity index (χ2n) is 6.02. The first-order valence-corrected chi connectivity index (χ1v) is 7.79. The highest BCUT2D eigenvalue weighted by atomic mass is 19.1. The van der Waals surface area contributed by atoms with E-state index in [0.717, 1.165) is 16.8 Å². The number of nitrogens with zero attached hydrogens (tertiary/aromatic N) is 2. The number of aryl methyl sites for hydroxylation is 1. The zero-order valence-electron chi connectivity index (χ0n) is 13.1. The number of benzene rings is 1. The van der Waals surface area contributed by atoms with E-state index >= 15 is 0 Å². The van der Waals surface area contributed by atoms with Crippen LogP contribution in [0.25, 0.3) is 5.65 Å². The van der Waals surface area contributed by atoms with Crippen LogP contribution < -0.4 is 4.74 Å². The average Bonchev–Trinajstić information content (AvgIpc) is 3.04. The van der Waals surface area contributed by atoms with E-state index in [4.69, 9.17) is 4.74 Å². The van der Waals surface area contributed by atoms with Crippen molar-refractivity contribution in [3.63, 3.8) is 0 Å². The summed E-state index contributed by atoms with van der Waals surface area (Å²) in [6.45, 7) is 1.70. The van der Waals surface area contributed by atoms with Gasteiger partial charge in [0.2, 0.25) is 0 Å². The summed E-state index contributed by atoms with van der Waals surface area (Å²) >= 11 is 0. The van der Waals surface area contributed by atoms with E-state index in [0.29, 0.717) is 23.5 Å². The van der Waals surface area contributed by atoms with Crippen LogP contribution in [-0.4, -0.2) is 25.7 Å². The molecule has 0 bridgehead atoms. The number of hydrogen-bond donors (Lipinski definition) is 2. The van der Waals surface area contributed by atoms with Gasteiger partial charge in [0.1, 0.15) is 5.82 Å². The molecule has 0 fully saturated rings. The van der Waals surface area contributed by atoms with Gasteiger partial charge in [-0.25, -0.2) is 9.37 Å². The molecule has 0 saturated carbocycles. The summed E-state index contributed by atoms with van der Waals surface area (Å²) < 4.78 is 21.2. The van der Waals surface area contributed by atoms with Gasteiger partial charge >= 0.3 is 0 Å². The van der Waals surface area contributed by atoms with Crippen molar-refractivity contribution in [3.05, 3.63) is 64.9 Å². The molecule has 0 radical (unpaired) electrons. The largest absolute Gasteiger partial charge is 0.479 e. The fraction of sp³-hybridized carbons (Fsp3) is 0.278. The molecule has 0 spiro atoms. The van der Waals surface area contributed by atoms with Gasteiger partial charge in [0.25, 0.3) is 0 Å². The number of aliphatic hydroxyl groups is 2. The zero-order valence-corrected chi connectivity index (χ0v) is 13.1. The first-order chi connectivity index (χ1) is 11.6. The quantitative estimate of drug-likeness (QED) is 0.774. The average molecular weight is 328 g/mol. The Morgan fingerprint density at radius 2 is 2.21 bits per heavy atom. The number of pyridine rings is 1. The third-order valence-corrected chi connectivity index (χ3v) is 4.51. The van der Waals surface area contributed by atoms with Crippen LogP contribution in [-0.2, 0) is 13.0 Å². The lowest BCUT2D eigenvalue weighted by atomic mass is 10.1.